The zero-order valence-corrected chi connectivity index (χ0v) is 20.5. The van der Waals surface area contributed by atoms with E-state index in [1.165, 1.54) is 0 Å². The van der Waals surface area contributed by atoms with Crippen LogP contribution in [-0.4, -0.2) is 51.1 Å². The van der Waals surface area contributed by atoms with Gasteiger partial charge < -0.3 is 15.4 Å². The number of nitrogens with one attached hydrogen (secondary N) is 2. The molecule has 1 aromatic carbocycles. The van der Waals surface area contributed by atoms with Crippen LogP contribution in [0.25, 0.3) is 27.9 Å². The van der Waals surface area contributed by atoms with Gasteiger partial charge in [0.15, 0.2) is 0 Å². The molecule has 0 aliphatic carbocycles. The van der Waals surface area contributed by atoms with Crippen LogP contribution in [0.4, 0.5) is 4.79 Å². The molecule has 0 bridgehead atoms. The Bertz CT molecular complexity index is 1170. The number of alkyl carbamates (subject to hydrolysis) is 1. The van der Waals surface area contributed by atoms with Crippen LogP contribution >= 0.6 is 0 Å². The van der Waals surface area contributed by atoms with Gasteiger partial charge in [0.25, 0.3) is 0 Å². The molecule has 0 unspecified atom stereocenters. The third-order valence-corrected chi connectivity index (χ3v) is 5.91. The fourth-order valence-electron chi connectivity index (χ4n) is 4.22. The summed E-state index contributed by atoms with van der Waals surface area (Å²) in [5.74, 6) is 0. The molecule has 34 heavy (non-hydrogen) atoms. The molecule has 3 aromatic rings. The number of carbonyl (C=O) groups excluding carboxylic acids is 1. The molecule has 4 rings (SSSR count). The van der Waals surface area contributed by atoms with Gasteiger partial charge in [-0.2, -0.15) is 5.10 Å². The molecule has 1 amide bonds. The Hall–Kier alpha value is -3.26. The second-order valence-corrected chi connectivity index (χ2v) is 9.61. The molecular weight excluding hydrogens is 428 g/mol. The number of allylic oxidation sites excluding steroid dienone is 1. The highest BCUT2D eigenvalue weighted by molar-refractivity contribution is 5.89. The van der Waals surface area contributed by atoms with Crippen molar-refractivity contribution in [1.29, 1.82) is 0 Å². The van der Waals surface area contributed by atoms with E-state index in [1.807, 2.05) is 52.2 Å². The summed E-state index contributed by atoms with van der Waals surface area (Å²) >= 11 is 0. The zero-order chi connectivity index (χ0) is 24.1. The fraction of sp³-hybridized carbons (Fsp3) is 0.462. The van der Waals surface area contributed by atoms with Gasteiger partial charge in [-0.25, -0.2) is 9.78 Å². The lowest BCUT2D eigenvalue weighted by Crippen LogP contribution is -2.33. The molecule has 1 saturated heterocycles. The normalized spacial score (nSPS) is 15.5. The van der Waals surface area contributed by atoms with E-state index >= 15 is 0 Å². The summed E-state index contributed by atoms with van der Waals surface area (Å²) in [4.78, 5) is 21.7. The molecule has 180 valence electrons. The van der Waals surface area contributed by atoms with Crippen molar-refractivity contribution in [2.75, 3.05) is 19.6 Å². The Morgan fingerprint density at radius 1 is 1.26 bits per heavy atom. The number of piperidine rings is 1. The first kappa shape index (κ1) is 23.9. The summed E-state index contributed by atoms with van der Waals surface area (Å²) in [5, 5.41) is 10.8. The summed E-state index contributed by atoms with van der Waals surface area (Å²) in [6, 6.07) is 6.44. The van der Waals surface area contributed by atoms with E-state index in [0.717, 1.165) is 59.4 Å². The Morgan fingerprint density at radius 3 is 2.79 bits per heavy atom. The summed E-state index contributed by atoms with van der Waals surface area (Å²) in [5.41, 5.74) is 5.06. The highest BCUT2D eigenvalue weighted by atomic mass is 16.6. The molecule has 0 spiro atoms. The second kappa shape index (κ2) is 10.3. The average molecular weight is 463 g/mol. The first-order chi connectivity index (χ1) is 16.3. The van der Waals surface area contributed by atoms with Crippen LogP contribution in [0.1, 0.15) is 58.6 Å². The van der Waals surface area contributed by atoms with Gasteiger partial charge in [0.1, 0.15) is 5.60 Å². The van der Waals surface area contributed by atoms with Gasteiger partial charge in [0.2, 0.25) is 0 Å². The van der Waals surface area contributed by atoms with Crippen molar-refractivity contribution >= 4 is 22.7 Å². The smallest absolute Gasteiger partial charge is 0.407 e. The fourth-order valence-corrected chi connectivity index (χ4v) is 4.22. The monoisotopic (exact) mass is 462 g/mol. The van der Waals surface area contributed by atoms with Crippen LogP contribution in [0.15, 0.2) is 42.9 Å². The Kier molecular flexibility index (Phi) is 7.26. The lowest BCUT2D eigenvalue weighted by molar-refractivity contribution is 0.0529. The van der Waals surface area contributed by atoms with Crippen LogP contribution in [0.2, 0.25) is 0 Å². The number of ether oxygens (including phenoxy) is 1. The standard InChI is InChI=1S/C26H34N6O2/c1-5-18(9-14-28-25(33)34-26(2,3)4)21-7-6-8-22-24(21)31-23(16-29-22)19-15-30-32(17-19)20-10-12-27-13-11-20/h5-8,15-17,20,27H,9-14H2,1-4H3,(H,28,33)/b18-5+. The highest BCUT2D eigenvalue weighted by Crippen LogP contribution is 2.28. The summed E-state index contributed by atoms with van der Waals surface area (Å²) in [6.07, 6.45) is 10.2. The van der Waals surface area contributed by atoms with Crippen molar-refractivity contribution in [1.82, 2.24) is 30.4 Å². The molecule has 1 fully saturated rings. The molecular formula is C26H34N6O2. The SMILES string of the molecule is C/C=C(\CCNC(=O)OC(C)(C)C)c1cccc2ncc(-c3cnn(C4CCNCC4)c3)nc12. The number of aromatic nitrogens is 4. The summed E-state index contributed by atoms with van der Waals surface area (Å²) in [7, 11) is 0. The van der Waals surface area contributed by atoms with Crippen LogP contribution in [0.5, 0.6) is 0 Å². The van der Waals surface area contributed by atoms with Crippen LogP contribution in [0, 0.1) is 0 Å². The predicted octanol–water partition coefficient (Wildman–Crippen LogP) is 4.74. The number of carbonyl (C=O) groups is 1. The van der Waals surface area contributed by atoms with E-state index in [1.54, 1.807) is 0 Å². The van der Waals surface area contributed by atoms with Crippen molar-refractivity contribution < 1.29 is 9.53 Å². The number of nitrogens with zero attached hydrogens (tertiary/aromatic N) is 4. The first-order valence-electron chi connectivity index (χ1n) is 12.0. The molecule has 2 N–H and O–H groups in total. The van der Waals surface area contributed by atoms with Gasteiger partial charge in [-0.05, 0) is 71.7 Å². The molecule has 8 nitrogen and oxygen atoms in total. The number of amides is 1. The largest absolute Gasteiger partial charge is 0.444 e. The number of para-hydroxylation sites is 1. The molecule has 0 saturated carbocycles. The Balaban J connectivity index is 1.53. The van der Waals surface area contributed by atoms with E-state index in [0.29, 0.717) is 19.0 Å². The van der Waals surface area contributed by atoms with Crippen molar-refractivity contribution in [2.45, 2.75) is 58.6 Å². The molecule has 1 aliphatic rings. The van der Waals surface area contributed by atoms with E-state index in [4.69, 9.17) is 9.72 Å². The minimum Gasteiger partial charge on any atom is -0.444 e. The quantitative estimate of drug-likeness (QED) is 0.550. The zero-order valence-electron chi connectivity index (χ0n) is 20.5. The lowest BCUT2D eigenvalue weighted by atomic mass is 10.0. The van der Waals surface area contributed by atoms with Crippen molar-refractivity contribution in [2.24, 2.45) is 0 Å². The Morgan fingerprint density at radius 2 is 2.06 bits per heavy atom. The van der Waals surface area contributed by atoms with Gasteiger partial charge in [0, 0.05) is 23.9 Å². The second-order valence-electron chi connectivity index (χ2n) is 9.61. The average Bonchev–Trinajstić information content (AvgIpc) is 3.31. The minimum atomic E-state index is -0.517. The van der Waals surface area contributed by atoms with Crippen LogP contribution < -0.4 is 10.6 Å². The van der Waals surface area contributed by atoms with Crippen molar-refractivity contribution in [3.05, 3.63) is 48.4 Å². The van der Waals surface area contributed by atoms with Gasteiger partial charge in [-0.3, -0.25) is 9.67 Å². The molecule has 0 radical (unpaired) electrons. The molecule has 0 atom stereocenters. The number of rotatable bonds is 6. The van der Waals surface area contributed by atoms with Crippen molar-refractivity contribution in [3.63, 3.8) is 0 Å². The first-order valence-corrected chi connectivity index (χ1v) is 12.0. The molecule has 8 heteroatoms. The van der Waals surface area contributed by atoms with E-state index in [9.17, 15) is 4.79 Å². The van der Waals surface area contributed by atoms with Crippen molar-refractivity contribution in [3.8, 4) is 11.3 Å². The minimum absolute atomic E-state index is 0.409. The summed E-state index contributed by atoms with van der Waals surface area (Å²) < 4.78 is 7.40. The van der Waals surface area contributed by atoms with Gasteiger partial charge >= 0.3 is 6.09 Å². The maximum absolute atomic E-state index is 12.0. The number of benzene rings is 1. The summed E-state index contributed by atoms with van der Waals surface area (Å²) in [6.45, 7) is 10.1. The third kappa shape index (κ3) is 5.80. The molecule has 2 aromatic heterocycles. The maximum Gasteiger partial charge on any atom is 0.407 e. The molecule has 1 aliphatic heterocycles. The lowest BCUT2D eigenvalue weighted by Gasteiger charge is -2.22. The molecule has 3 heterocycles. The van der Waals surface area contributed by atoms with E-state index in [-0.39, 0.29) is 0 Å². The van der Waals surface area contributed by atoms with Gasteiger partial charge in [-0.15, -0.1) is 0 Å². The maximum atomic E-state index is 12.0. The van der Waals surface area contributed by atoms with E-state index < -0.39 is 11.7 Å². The van der Waals surface area contributed by atoms with Crippen LogP contribution in [0.3, 0.4) is 0 Å². The van der Waals surface area contributed by atoms with Gasteiger partial charge in [-0.1, -0.05) is 18.2 Å². The number of hydrogen-bond donors (Lipinski definition) is 2. The number of hydrogen-bond acceptors (Lipinski definition) is 6. The van der Waals surface area contributed by atoms with E-state index in [2.05, 4.69) is 43.7 Å². The topological polar surface area (TPSA) is 94.0 Å². The predicted molar refractivity (Wildman–Crippen MR) is 134 cm³/mol. The van der Waals surface area contributed by atoms with Crippen LogP contribution in [-0.2, 0) is 4.74 Å². The third-order valence-electron chi connectivity index (χ3n) is 5.91. The van der Waals surface area contributed by atoms with Gasteiger partial charge in [0.05, 0.1) is 35.2 Å². The Labute approximate surface area is 200 Å². The number of fused-ring (bicyclic) bond motifs is 1. The highest BCUT2D eigenvalue weighted by Gasteiger charge is 2.18.